The van der Waals surface area contributed by atoms with Gasteiger partial charge in [-0.05, 0) is 30.3 Å². The highest BCUT2D eigenvalue weighted by atomic mass is 35.5. The molecule has 0 saturated carbocycles. The van der Waals surface area contributed by atoms with Gasteiger partial charge in [0.25, 0.3) is 5.91 Å². The molecule has 0 aliphatic carbocycles. The SMILES string of the molecule is O=C(Nc1cccc(Cl)c1)c1cnn2c1N[C@H](c1ccco1)C[C@H]2C(F)(F)F. The van der Waals surface area contributed by atoms with Crippen LogP contribution in [0.15, 0.2) is 53.3 Å². The highest BCUT2D eigenvalue weighted by Gasteiger charge is 2.47. The molecule has 3 aromatic rings. The van der Waals surface area contributed by atoms with Crippen LogP contribution in [-0.2, 0) is 0 Å². The van der Waals surface area contributed by atoms with Gasteiger partial charge in [0.1, 0.15) is 17.1 Å². The number of rotatable bonds is 3. The maximum atomic E-state index is 13.6. The third kappa shape index (κ3) is 3.45. The van der Waals surface area contributed by atoms with Crippen molar-refractivity contribution < 1.29 is 22.4 Å². The van der Waals surface area contributed by atoms with Gasteiger partial charge in [-0.2, -0.15) is 18.3 Å². The fourth-order valence-corrected chi connectivity index (χ4v) is 3.36. The van der Waals surface area contributed by atoms with Crippen LogP contribution in [0.5, 0.6) is 0 Å². The van der Waals surface area contributed by atoms with Gasteiger partial charge in [-0.1, -0.05) is 17.7 Å². The van der Waals surface area contributed by atoms with E-state index in [2.05, 4.69) is 15.7 Å². The summed E-state index contributed by atoms with van der Waals surface area (Å²) in [6.45, 7) is 0. The van der Waals surface area contributed by atoms with Crippen molar-refractivity contribution in [2.75, 3.05) is 10.6 Å². The molecule has 1 aliphatic rings. The van der Waals surface area contributed by atoms with Crippen LogP contribution < -0.4 is 10.6 Å². The molecule has 0 radical (unpaired) electrons. The third-order valence-corrected chi connectivity index (χ3v) is 4.69. The van der Waals surface area contributed by atoms with E-state index in [9.17, 15) is 18.0 Å². The first-order valence-electron chi connectivity index (χ1n) is 8.34. The van der Waals surface area contributed by atoms with Crippen molar-refractivity contribution in [3.05, 3.63) is 65.2 Å². The Kier molecular flexibility index (Phi) is 4.54. The number of alkyl halides is 3. The van der Waals surface area contributed by atoms with E-state index < -0.39 is 24.2 Å². The Morgan fingerprint density at radius 3 is 2.82 bits per heavy atom. The molecule has 0 saturated heterocycles. The van der Waals surface area contributed by atoms with Crippen LogP contribution in [-0.4, -0.2) is 21.9 Å². The number of halogens is 4. The maximum Gasteiger partial charge on any atom is 0.410 e. The number of nitrogens with one attached hydrogen (secondary N) is 2. The van der Waals surface area contributed by atoms with Gasteiger partial charge < -0.3 is 15.1 Å². The number of benzene rings is 1. The van der Waals surface area contributed by atoms with Crippen molar-refractivity contribution in [2.45, 2.75) is 24.7 Å². The molecule has 6 nitrogen and oxygen atoms in total. The van der Waals surface area contributed by atoms with Crippen LogP contribution in [0.1, 0.15) is 34.6 Å². The molecule has 1 aliphatic heterocycles. The minimum atomic E-state index is -4.53. The first-order valence-corrected chi connectivity index (χ1v) is 8.72. The minimum absolute atomic E-state index is 0.00881. The molecule has 1 aromatic carbocycles. The fourth-order valence-electron chi connectivity index (χ4n) is 3.17. The second-order valence-corrected chi connectivity index (χ2v) is 6.76. The van der Waals surface area contributed by atoms with Crippen molar-refractivity contribution in [1.82, 2.24) is 9.78 Å². The Morgan fingerprint density at radius 2 is 2.14 bits per heavy atom. The van der Waals surface area contributed by atoms with Crippen molar-refractivity contribution in [3.8, 4) is 0 Å². The zero-order chi connectivity index (χ0) is 19.9. The lowest BCUT2D eigenvalue weighted by Gasteiger charge is -2.32. The van der Waals surface area contributed by atoms with Gasteiger partial charge in [0, 0.05) is 17.1 Å². The Balaban J connectivity index is 1.68. The fraction of sp³-hybridized carbons (Fsp3) is 0.222. The van der Waals surface area contributed by atoms with Crippen LogP contribution >= 0.6 is 11.6 Å². The molecule has 4 rings (SSSR count). The number of amides is 1. The lowest BCUT2D eigenvalue weighted by Crippen LogP contribution is -2.36. The molecule has 0 bridgehead atoms. The molecule has 2 N–H and O–H groups in total. The summed E-state index contributed by atoms with van der Waals surface area (Å²) in [5.74, 6) is -0.269. The van der Waals surface area contributed by atoms with E-state index >= 15 is 0 Å². The summed E-state index contributed by atoms with van der Waals surface area (Å²) < 4.78 is 46.9. The van der Waals surface area contributed by atoms with Gasteiger partial charge in [0.15, 0.2) is 6.04 Å². The predicted molar refractivity (Wildman–Crippen MR) is 96.4 cm³/mol. The van der Waals surface area contributed by atoms with E-state index in [1.165, 1.54) is 12.3 Å². The van der Waals surface area contributed by atoms with Crippen LogP contribution in [0.2, 0.25) is 5.02 Å². The van der Waals surface area contributed by atoms with E-state index in [-0.39, 0.29) is 17.8 Å². The standard InChI is InChI=1S/C18H14ClF3N4O2/c19-10-3-1-4-11(7-10)24-17(27)12-9-23-26-15(18(20,21)22)8-13(25-16(12)26)14-5-2-6-28-14/h1-7,9,13,15,25H,8H2,(H,24,27)/t13-,15-/m0/s1. The zero-order valence-electron chi connectivity index (χ0n) is 14.2. The number of furan rings is 1. The van der Waals surface area contributed by atoms with Crippen molar-refractivity contribution in [2.24, 2.45) is 0 Å². The van der Waals surface area contributed by atoms with Gasteiger partial charge in [0.05, 0.1) is 18.5 Å². The molecular formula is C18H14ClF3N4O2. The Hall–Kier alpha value is -2.94. The first-order chi connectivity index (χ1) is 13.3. The molecule has 0 fully saturated rings. The first kappa shape index (κ1) is 18.4. The number of aromatic nitrogens is 2. The second-order valence-electron chi connectivity index (χ2n) is 6.32. The normalized spacial score (nSPS) is 19.0. The lowest BCUT2D eigenvalue weighted by molar-refractivity contribution is -0.174. The smallest absolute Gasteiger partial charge is 0.410 e. The van der Waals surface area contributed by atoms with Gasteiger partial charge in [-0.3, -0.25) is 4.79 Å². The molecular weight excluding hydrogens is 397 g/mol. The maximum absolute atomic E-state index is 13.6. The Bertz CT molecular complexity index is 1000. The molecule has 0 unspecified atom stereocenters. The van der Waals surface area contributed by atoms with Crippen LogP contribution in [0.25, 0.3) is 0 Å². The van der Waals surface area contributed by atoms with Gasteiger partial charge in [-0.15, -0.1) is 0 Å². The summed E-state index contributed by atoms with van der Waals surface area (Å²) in [7, 11) is 0. The topological polar surface area (TPSA) is 72.1 Å². The number of carbonyl (C=O) groups is 1. The number of carbonyl (C=O) groups excluding carboxylic acids is 1. The molecule has 10 heteroatoms. The Morgan fingerprint density at radius 1 is 1.32 bits per heavy atom. The second kappa shape index (κ2) is 6.90. The summed E-state index contributed by atoms with van der Waals surface area (Å²) in [4.78, 5) is 12.7. The monoisotopic (exact) mass is 410 g/mol. The molecule has 146 valence electrons. The van der Waals surface area contributed by atoms with E-state index in [1.807, 2.05) is 0 Å². The number of hydrogen-bond donors (Lipinski definition) is 2. The van der Waals surface area contributed by atoms with Crippen LogP contribution in [0.4, 0.5) is 24.7 Å². The summed E-state index contributed by atoms with van der Waals surface area (Å²) in [6, 6.07) is 7.00. The van der Waals surface area contributed by atoms with Crippen molar-refractivity contribution >= 4 is 29.0 Å². The largest absolute Gasteiger partial charge is 0.467 e. The van der Waals surface area contributed by atoms with E-state index in [0.29, 0.717) is 16.5 Å². The van der Waals surface area contributed by atoms with Gasteiger partial charge in [-0.25, -0.2) is 4.68 Å². The molecule has 2 aromatic heterocycles. The van der Waals surface area contributed by atoms with Crippen LogP contribution in [0.3, 0.4) is 0 Å². The Labute approximate surface area is 162 Å². The van der Waals surface area contributed by atoms with E-state index in [0.717, 1.165) is 10.9 Å². The number of hydrogen-bond acceptors (Lipinski definition) is 4. The van der Waals surface area contributed by atoms with Crippen molar-refractivity contribution in [1.29, 1.82) is 0 Å². The summed E-state index contributed by atoms with van der Waals surface area (Å²) in [5, 5.41) is 9.80. The number of anilines is 2. The molecule has 28 heavy (non-hydrogen) atoms. The highest BCUT2D eigenvalue weighted by Crippen LogP contribution is 2.44. The summed E-state index contributed by atoms with van der Waals surface area (Å²) in [6.07, 6.45) is -2.33. The summed E-state index contributed by atoms with van der Waals surface area (Å²) >= 11 is 5.90. The quantitative estimate of drug-likeness (QED) is 0.634. The molecule has 1 amide bonds. The lowest BCUT2D eigenvalue weighted by atomic mass is 10.0. The highest BCUT2D eigenvalue weighted by molar-refractivity contribution is 6.31. The van der Waals surface area contributed by atoms with Gasteiger partial charge >= 0.3 is 6.18 Å². The van der Waals surface area contributed by atoms with E-state index in [1.54, 1.807) is 30.3 Å². The zero-order valence-corrected chi connectivity index (χ0v) is 15.0. The third-order valence-electron chi connectivity index (χ3n) is 4.45. The van der Waals surface area contributed by atoms with Crippen molar-refractivity contribution in [3.63, 3.8) is 0 Å². The number of fused-ring (bicyclic) bond motifs is 1. The average Bonchev–Trinajstić information content (AvgIpc) is 3.29. The van der Waals surface area contributed by atoms with Gasteiger partial charge in [0.2, 0.25) is 0 Å². The molecule has 3 heterocycles. The predicted octanol–water partition coefficient (Wildman–Crippen LogP) is 5.04. The van der Waals surface area contributed by atoms with Crippen LogP contribution in [0, 0.1) is 0 Å². The minimum Gasteiger partial charge on any atom is -0.467 e. The molecule has 0 spiro atoms. The summed E-state index contributed by atoms with van der Waals surface area (Å²) in [5.41, 5.74) is 0.411. The molecule has 2 atom stereocenters. The number of nitrogens with zero attached hydrogens (tertiary/aromatic N) is 2. The van der Waals surface area contributed by atoms with E-state index in [4.69, 9.17) is 16.0 Å². The average molecular weight is 411 g/mol.